The first-order valence-electron chi connectivity index (χ1n) is 8.35. The summed E-state index contributed by atoms with van der Waals surface area (Å²) in [5.41, 5.74) is 1.31. The fourth-order valence-electron chi connectivity index (χ4n) is 2.65. The number of para-hydroxylation sites is 1. The smallest absolute Gasteiger partial charge is 0.263 e. The van der Waals surface area contributed by atoms with E-state index in [9.17, 15) is 4.79 Å². The summed E-state index contributed by atoms with van der Waals surface area (Å²) in [6, 6.07) is 10.2. The quantitative estimate of drug-likeness (QED) is 0.746. The highest BCUT2D eigenvalue weighted by molar-refractivity contribution is 5.74. The number of fused-ring (bicyclic) bond motifs is 1. The number of rotatable bonds is 5. The Morgan fingerprint density at radius 3 is 2.64 bits per heavy atom. The molecule has 3 aromatic rings. The van der Waals surface area contributed by atoms with Gasteiger partial charge in [-0.1, -0.05) is 18.2 Å². The Balaban J connectivity index is 1.75. The predicted molar refractivity (Wildman–Crippen MR) is 101 cm³/mol. The molecule has 0 bridgehead atoms. The zero-order valence-electron chi connectivity index (χ0n) is 15.1. The van der Waals surface area contributed by atoms with E-state index in [1.807, 2.05) is 46.0 Å². The molecule has 0 radical (unpaired) electrons. The monoisotopic (exact) mass is 340 g/mol. The predicted octanol–water partition coefficient (Wildman–Crippen LogP) is 2.42. The molecule has 7 heteroatoms. The molecule has 7 nitrogen and oxygen atoms in total. The molecule has 0 amide bonds. The number of hydrogen-bond donors (Lipinski definition) is 2. The van der Waals surface area contributed by atoms with Crippen molar-refractivity contribution in [1.82, 2.24) is 19.7 Å². The summed E-state index contributed by atoms with van der Waals surface area (Å²) < 4.78 is 1.78. The minimum Gasteiger partial charge on any atom is -0.373 e. The van der Waals surface area contributed by atoms with Gasteiger partial charge in [0.1, 0.15) is 5.39 Å². The Morgan fingerprint density at radius 1 is 1.24 bits per heavy atom. The first kappa shape index (κ1) is 17.0. The lowest BCUT2D eigenvalue weighted by molar-refractivity contribution is 0.366. The first-order valence-corrected chi connectivity index (χ1v) is 8.35. The molecule has 132 valence electrons. The van der Waals surface area contributed by atoms with Gasteiger partial charge >= 0.3 is 0 Å². The SMILES string of the molecule is CN(CCNc1nc2c(cnn2C(C)(C)C)c(=O)[nH]1)c1ccccc1. The molecule has 0 spiro atoms. The van der Waals surface area contributed by atoms with Crippen molar-refractivity contribution in [2.75, 3.05) is 30.4 Å². The van der Waals surface area contributed by atoms with E-state index in [2.05, 4.69) is 37.4 Å². The minimum atomic E-state index is -0.243. The van der Waals surface area contributed by atoms with Crippen molar-refractivity contribution in [3.63, 3.8) is 0 Å². The molecule has 0 saturated carbocycles. The summed E-state index contributed by atoms with van der Waals surface area (Å²) >= 11 is 0. The van der Waals surface area contributed by atoms with E-state index >= 15 is 0 Å². The minimum absolute atomic E-state index is 0.181. The van der Waals surface area contributed by atoms with Crippen LogP contribution in [0.4, 0.5) is 11.6 Å². The van der Waals surface area contributed by atoms with Gasteiger partial charge in [0.05, 0.1) is 11.7 Å². The fraction of sp³-hybridized carbons (Fsp3) is 0.389. The summed E-state index contributed by atoms with van der Waals surface area (Å²) in [6.45, 7) is 7.53. The van der Waals surface area contributed by atoms with Crippen molar-refractivity contribution >= 4 is 22.7 Å². The third-order valence-electron chi connectivity index (χ3n) is 4.01. The van der Waals surface area contributed by atoms with Gasteiger partial charge in [0.15, 0.2) is 5.65 Å². The normalized spacial score (nSPS) is 11.7. The molecule has 2 N–H and O–H groups in total. The molecule has 3 rings (SSSR count). The summed E-state index contributed by atoms with van der Waals surface area (Å²) in [4.78, 5) is 21.7. The van der Waals surface area contributed by atoms with Crippen molar-refractivity contribution in [1.29, 1.82) is 0 Å². The highest BCUT2D eigenvalue weighted by Gasteiger charge is 2.19. The van der Waals surface area contributed by atoms with Crippen LogP contribution in [0.5, 0.6) is 0 Å². The molecule has 2 aromatic heterocycles. The number of nitrogens with one attached hydrogen (secondary N) is 2. The van der Waals surface area contributed by atoms with Crippen LogP contribution in [0.2, 0.25) is 0 Å². The molecule has 2 heterocycles. The standard InChI is InChI=1S/C18H24N6O/c1-18(2,3)24-15-14(12-20-24)16(25)22-17(21-15)19-10-11-23(4)13-8-6-5-7-9-13/h5-9,12H,10-11H2,1-4H3,(H2,19,21,22,25). The molecule has 1 aromatic carbocycles. The number of aromatic nitrogens is 4. The van der Waals surface area contributed by atoms with Gasteiger partial charge in [-0.2, -0.15) is 10.1 Å². The number of anilines is 2. The Bertz CT molecular complexity index is 907. The lowest BCUT2D eigenvalue weighted by Gasteiger charge is -2.20. The lowest BCUT2D eigenvalue weighted by atomic mass is 10.1. The van der Waals surface area contributed by atoms with Gasteiger partial charge in [0, 0.05) is 25.8 Å². The van der Waals surface area contributed by atoms with Crippen LogP contribution in [0.3, 0.4) is 0 Å². The Labute approximate surface area is 146 Å². The number of hydrogen-bond acceptors (Lipinski definition) is 5. The number of H-pyrrole nitrogens is 1. The average molecular weight is 340 g/mol. The first-order chi connectivity index (χ1) is 11.9. The highest BCUT2D eigenvalue weighted by atomic mass is 16.1. The molecule has 0 atom stereocenters. The van der Waals surface area contributed by atoms with Gasteiger partial charge in [-0.3, -0.25) is 9.78 Å². The van der Waals surface area contributed by atoms with Crippen LogP contribution in [0.25, 0.3) is 11.0 Å². The number of benzene rings is 1. The number of aromatic amines is 1. The summed E-state index contributed by atoms with van der Waals surface area (Å²) in [5, 5.41) is 8.01. The second-order valence-corrected chi connectivity index (χ2v) is 7.06. The van der Waals surface area contributed by atoms with Crippen molar-refractivity contribution < 1.29 is 0 Å². The van der Waals surface area contributed by atoms with Gasteiger partial charge in [-0.25, -0.2) is 4.68 Å². The second kappa shape index (κ2) is 6.58. The van der Waals surface area contributed by atoms with Crippen molar-refractivity contribution in [2.24, 2.45) is 0 Å². The van der Waals surface area contributed by atoms with Crippen LogP contribution >= 0.6 is 0 Å². The average Bonchev–Trinajstić information content (AvgIpc) is 3.00. The van der Waals surface area contributed by atoms with Gasteiger partial charge in [0.2, 0.25) is 5.95 Å². The van der Waals surface area contributed by atoms with Crippen LogP contribution in [0.1, 0.15) is 20.8 Å². The summed E-state index contributed by atoms with van der Waals surface area (Å²) in [6.07, 6.45) is 1.57. The highest BCUT2D eigenvalue weighted by Crippen LogP contribution is 2.18. The zero-order chi connectivity index (χ0) is 18.0. The maximum atomic E-state index is 12.3. The van der Waals surface area contributed by atoms with Gasteiger partial charge in [-0.05, 0) is 32.9 Å². The molecule has 0 aliphatic carbocycles. The summed E-state index contributed by atoms with van der Waals surface area (Å²) in [7, 11) is 2.03. The van der Waals surface area contributed by atoms with Gasteiger partial charge in [-0.15, -0.1) is 0 Å². The largest absolute Gasteiger partial charge is 0.373 e. The molecule has 25 heavy (non-hydrogen) atoms. The van der Waals surface area contributed by atoms with Crippen molar-refractivity contribution in [2.45, 2.75) is 26.3 Å². The van der Waals surface area contributed by atoms with E-state index in [0.29, 0.717) is 23.5 Å². The van der Waals surface area contributed by atoms with Crippen LogP contribution in [-0.4, -0.2) is 39.9 Å². The number of nitrogens with zero attached hydrogens (tertiary/aromatic N) is 4. The van der Waals surface area contributed by atoms with Crippen LogP contribution in [-0.2, 0) is 5.54 Å². The molecule has 0 saturated heterocycles. The molecule has 0 aliphatic heterocycles. The second-order valence-electron chi connectivity index (χ2n) is 7.06. The molecular formula is C18H24N6O. The van der Waals surface area contributed by atoms with Crippen LogP contribution in [0, 0.1) is 0 Å². The van der Waals surface area contributed by atoms with E-state index < -0.39 is 0 Å². The van der Waals surface area contributed by atoms with E-state index in [0.717, 1.165) is 12.2 Å². The third kappa shape index (κ3) is 3.65. The molecular weight excluding hydrogens is 316 g/mol. The molecule has 0 fully saturated rings. The van der Waals surface area contributed by atoms with Crippen LogP contribution in [0.15, 0.2) is 41.3 Å². The Morgan fingerprint density at radius 2 is 1.96 bits per heavy atom. The third-order valence-corrected chi connectivity index (χ3v) is 4.01. The number of likely N-dealkylation sites (N-methyl/N-ethyl adjacent to an activating group) is 1. The Hall–Kier alpha value is -2.83. The van der Waals surface area contributed by atoms with E-state index in [4.69, 9.17) is 0 Å². The van der Waals surface area contributed by atoms with E-state index in [-0.39, 0.29) is 11.1 Å². The van der Waals surface area contributed by atoms with Crippen molar-refractivity contribution in [3.8, 4) is 0 Å². The Kier molecular flexibility index (Phi) is 4.48. The fourth-order valence-corrected chi connectivity index (χ4v) is 2.65. The molecule has 0 aliphatic rings. The van der Waals surface area contributed by atoms with Crippen molar-refractivity contribution in [3.05, 3.63) is 46.9 Å². The van der Waals surface area contributed by atoms with Crippen LogP contribution < -0.4 is 15.8 Å². The van der Waals surface area contributed by atoms with Gasteiger partial charge < -0.3 is 10.2 Å². The molecule has 0 unspecified atom stereocenters. The van der Waals surface area contributed by atoms with E-state index in [1.165, 1.54) is 0 Å². The zero-order valence-corrected chi connectivity index (χ0v) is 15.1. The maximum Gasteiger partial charge on any atom is 0.263 e. The topological polar surface area (TPSA) is 78.8 Å². The van der Waals surface area contributed by atoms with Gasteiger partial charge in [0.25, 0.3) is 5.56 Å². The van der Waals surface area contributed by atoms with E-state index in [1.54, 1.807) is 10.9 Å². The lowest BCUT2D eigenvalue weighted by Crippen LogP contribution is -2.27. The maximum absolute atomic E-state index is 12.3. The summed E-state index contributed by atoms with van der Waals surface area (Å²) in [5.74, 6) is 0.463.